The fourth-order valence-corrected chi connectivity index (χ4v) is 1.95. The van der Waals surface area contributed by atoms with Crippen LogP contribution in [0.3, 0.4) is 0 Å². The first-order valence-corrected chi connectivity index (χ1v) is 4.61. The molecule has 1 unspecified atom stereocenters. The molecular weight excluding hydrogens is 162 g/mol. The van der Waals surface area contributed by atoms with E-state index in [0.29, 0.717) is 0 Å². The number of hydrogen-bond donors (Lipinski definition) is 1. The molecule has 1 atom stereocenters. The minimum atomic E-state index is 0.140. The molecule has 1 N–H and O–H groups in total. The Labute approximate surface area is 78.0 Å². The fraction of sp³-hybridized carbons (Fsp3) is 0.364. The molecule has 1 aliphatic rings. The maximum atomic E-state index is 10.7. The Morgan fingerprint density at radius 1 is 1.54 bits per heavy atom. The summed E-state index contributed by atoms with van der Waals surface area (Å²) >= 11 is 0. The van der Waals surface area contributed by atoms with Crippen LogP contribution in [-0.2, 0) is 11.2 Å². The van der Waals surface area contributed by atoms with Gasteiger partial charge < -0.3 is 10.1 Å². The molecule has 2 nitrogen and oxygen atoms in total. The number of aldehydes is 1. The summed E-state index contributed by atoms with van der Waals surface area (Å²) in [6.45, 7) is 0. The van der Waals surface area contributed by atoms with Gasteiger partial charge in [0.15, 0.2) is 0 Å². The zero-order chi connectivity index (χ0) is 9.26. The summed E-state index contributed by atoms with van der Waals surface area (Å²) in [7, 11) is 1.91. The second-order valence-electron chi connectivity index (χ2n) is 3.44. The molecule has 1 aromatic carbocycles. The second-order valence-corrected chi connectivity index (χ2v) is 3.44. The molecule has 0 radical (unpaired) electrons. The monoisotopic (exact) mass is 175 g/mol. The molecule has 1 aliphatic carbocycles. The molecule has 13 heavy (non-hydrogen) atoms. The minimum Gasteiger partial charge on any atom is -0.388 e. The van der Waals surface area contributed by atoms with Crippen molar-refractivity contribution in [3.05, 3.63) is 29.3 Å². The minimum absolute atomic E-state index is 0.140. The van der Waals surface area contributed by atoms with Gasteiger partial charge in [0.1, 0.15) is 6.29 Å². The van der Waals surface area contributed by atoms with Gasteiger partial charge in [0.25, 0.3) is 0 Å². The average Bonchev–Trinajstić information content (AvgIpc) is 2.59. The summed E-state index contributed by atoms with van der Waals surface area (Å²) in [4.78, 5) is 10.7. The first-order chi connectivity index (χ1) is 6.35. The number of aryl methyl sites for hydroxylation is 1. The van der Waals surface area contributed by atoms with Gasteiger partial charge in [-0.25, -0.2) is 0 Å². The van der Waals surface area contributed by atoms with Crippen molar-refractivity contribution in [1.82, 2.24) is 0 Å². The van der Waals surface area contributed by atoms with E-state index in [-0.39, 0.29) is 5.92 Å². The van der Waals surface area contributed by atoms with E-state index >= 15 is 0 Å². The number of rotatable bonds is 2. The molecule has 2 rings (SSSR count). The van der Waals surface area contributed by atoms with Crippen LogP contribution >= 0.6 is 0 Å². The van der Waals surface area contributed by atoms with E-state index in [1.165, 1.54) is 11.1 Å². The quantitative estimate of drug-likeness (QED) is 0.696. The van der Waals surface area contributed by atoms with Crippen molar-refractivity contribution in [1.29, 1.82) is 0 Å². The Balaban J connectivity index is 2.40. The van der Waals surface area contributed by atoms with E-state index in [0.717, 1.165) is 24.8 Å². The van der Waals surface area contributed by atoms with E-state index in [2.05, 4.69) is 17.4 Å². The molecule has 1 aromatic rings. The molecular formula is C11H13NO. The van der Waals surface area contributed by atoms with E-state index in [9.17, 15) is 4.79 Å². The van der Waals surface area contributed by atoms with Crippen molar-refractivity contribution in [3.63, 3.8) is 0 Å². The van der Waals surface area contributed by atoms with Gasteiger partial charge in [-0.3, -0.25) is 0 Å². The summed E-state index contributed by atoms with van der Waals surface area (Å²) in [5.74, 6) is 0.140. The number of anilines is 1. The normalized spacial score (nSPS) is 19.6. The molecule has 0 aromatic heterocycles. The van der Waals surface area contributed by atoms with Crippen LogP contribution in [0.4, 0.5) is 5.69 Å². The summed E-state index contributed by atoms with van der Waals surface area (Å²) in [5, 5.41) is 3.10. The number of benzene rings is 1. The maximum absolute atomic E-state index is 10.7. The largest absolute Gasteiger partial charge is 0.388 e. The van der Waals surface area contributed by atoms with Crippen LogP contribution in [-0.4, -0.2) is 13.3 Å². The van der Waals surface area contributed by atoms with Crippen molar-refractivity contribution in [2.75, 3.05) is 12.4 Å². The van der Waals surface area contributed by atoms with Crippen LogP contribution in [0.1, 0.15) is 23.5 Å². The predicted octanol–water partition coefficient (Wildman–Crippen LogP) is 1.96. The molecule has 0 amide bonds. The maximum Gasteiger partial charge on any atom is 0.127 e. The van der Waals surface area contributed by atoms with Gasteiger partial charge in [-0.05, 0) is 36.1 Å². The molecule has 0 saturated heterocycles. The third-order valence-corrected chi connectivity index (χ3v) is 2.72. The third kappa shape index (κ3) is 1.32. The van der Waals surface area contributed by atoms with Gasteiger partial charge >= 0.3 is 0 Å². The zero-order valence-corrected chi connectivity index (χ0v) is 7.71. The van der Waals surface area contributed by atoms with Crippen molar-refractivity contribution >= 4 is 12.0 Å². The van der Waals surface area contributed by atoms with Gasteiger partial charge in [0.05, 0.1) is 0 Å². The Bertz CT molecular complexity index is 333. The Kier molecular flexibility index (Phi) is 2.05. The molecule has 0 fully saturated rings. The number of hydrogen-bond acceptors (Lipinski definition) is 2. The lowest BCUT2D eigenvalue weighted by Crippen LogP contribution is -1.94. The lowest BCUT2D eigenvalue weighted by molar-refractivity contribution is -0.109. The molecule has 0 spiro atoms. The molecule has 0 heterocycles. The van der Waals surface area contributed by atoms with Crippen LogP contribution < -0.4 is 5.32 Å². The zero-order valence-electron chi connectivity index (χ0n) is 7.71. The topological polar surface area (TPSA) is 29.1 Å². The van der Waals surface area contributed by atoms with Crippen molar-refractivity contribution in [3.8, 4) is 0 Å². The number of carbonyl (C=O) groups excluding carboxylic acids is 1. The van der Waals surface area contributed by atoms with Gasteiger partial charge in [0.2, 0.25) is 0 Å². The standard InChI is InChI=1S/C11H13NO/c1-12-10-4-5-11-8(6-10)2-3-9(11)7-13/h4-7,9,12H,2-3H2,1H3. The van der Waals surface area contributed by atoms with Crippen molar-refractivity contribution < 1.29 is 4.79 Å². The molecule has 68 valence electrons. The second kappa shape index (κ2) is 3.21. The highest BCUT2D eigenvalue weighted by Crippen LogP contribution is 2.32. The van der Waals surface area contributed by atoms with E-state index in [4.69, 9.17) is 0 Å². The number of nitrogens with one attached hydrogen (secondary N) is 1. The van der Waals surface area contributed by atoms with Gasteiger partial charge in [-0.2, -0.15) is 0 Å². The van der Waals surface area contributed by atoms with Crippen LogP contribution in [0.15, 0.2) is 18.2 Å². The van der Waals surface area contributed by atoms with Gasteiger partial charge in [0, 0.05) is 18.7 Å². The molecule has 0 bridgehead atoms. The van der Waals surface area contributed by atoms with Crippen molar-refractivity contribution in [2.24, 2.45) is 0 Å². The first kappa shape index (κ1) is 8.30. The number of carbonyl (C=O) groups is 1. The summed E-state index contributed by atoms with van der Waals surface area (Å²) in [6, 6.07) is 6.23. The van der Waals surface area contributed by atoms with E-state index in [1.54, 1.807) is 0 Å². The van der Waals surface area contributed by atoms with Crippen LogP contribution in [0.5, 0.6) is 0 Å². The fourth-order valence-electron chi connectivity index (χ4n) is 1.95. The summed E-state index contributed by atoms with van der Waals surface area (Å²) in [5.41, 5.74) is 3.67. The summed E-state index contributed by atoms with van der Waals surface area (Å²) in [6.07, 6.45) is 3.07. The first-order valence-electron chi connectivity index (χ1n) is 4.61. The smallest absolute Gasteiger partial charge is 0.127 e. The van der Waals surface area contributed by atoms with Crippen LogP contribution in [0.2, 0.25) is 0 Å². The highest BCUT2D eigenvalue weighted by molar-refractivity contribution is 5.66. The Morgan fingerprint density at radius 2 is 2.38 bits per heavy atom. The summed E-state index contributed by atoms with van der Waals surface area (Å²) < 4.78 is 0. The van der Waals surface area contributed by atoms with Gasteiger partial charge in [-0.15, -0.1) is 0 Å². The van der Waals surface area contributed by atoms with Crippen LogP contribution in [0.25, 0.3) is 0 Å². The highest BCUT2D eigenvalue weighted by atomic mass is 16.1. The Hall–Kier alpha value is -1.31. The van der Waals surface area contributed by atoms with Crippen LogP contribution in [0, 0.1) is 0 Å². The lowest BCUT2D eigenvalue weighted by Gasteiger charge is -2.05. The van der Waals surface area contributed by atoms with E-state index in [1.807, 2.05) is 13.1 Å². The van der Waals surface area contributed by atoms with Gasteiger partial charge in [-0.1, -0.05) is 6.07 Å². The van der Waals surface area contributed by atoms with E-state index < -0.39 is 0 Å². The molecule has 0 saturated carbocycles. The Morgan fingerprint density at radius 3 is 3.08 bits per heavy atom. The molecule has 2 heteroatoms. The van der Waals surface area contributed by atoms with Crippen molar-refractivity contribution in [2.45, 2.75) is 18.8 Å². The lowest BCUT2D eigenvalue weighted by atomic mass is 10.0. The number of fused-ring (bicyclic) bond motifs is 1. The molecule has 0 aliphatic heterocycles. The SMILES string of the molecule is CNc1ccc2c(c1)CCC2C=O. The highest BCUT2D eigenvalue weighted by Gasteiger charge is 2.21. The average molecular weight is 175 g/mol. The third-order valence-electron chi connectivity index (χ3n) is 2.72. The predicted molar refractivity (Wildman–Crippen MR) is 53.1 cm³/mol.